The van der Waals surface area contributed by atoms with Crippen LogP contribution in [0.3, 0.4) is 0 Å². The summed E-state index contributed by atoms with van der Waals surface area (Å²) >= 11 is 3.34. The second kappa shape index (κ2) is 8.91. The summed E-state index contributed by atoms with van der Waals surface area (Å²) in [5.41, 5.74) is 1.52. The third kappa shape index (κ3) is 4.67. The lowest BCUT2D eigenvalue weighted by Gasteiger charge is -2.15. The van der Waals surface area contributed by atoms with Crippen LogP contribution in [0, 0.1) is 6.92 Å². The lowest BCUT2D eigenvalue weighted by atomic mass is 10.2. The summed E-state index contributed by atoms with van der Waals surface area (Å²) in [6, 6.07) is 4.56. The van der Waals surface area contributed by atoms with Crippen LogP contribution in [0.5, 0.6) is 0 Å². The first kappa shape index (κ1) is 20.1. The Bertz CT molecular complexity index is 737. The van der Waals surface area contributed by atoms with E-state index in [4.69, 9.17) is 4.74 Å². The number of hydrogen-bond acceptors (Lipinski definition) is 5. The molecule has 1 aromatic carbocycles. The van der Waals surface area contributed by atoms with Gasteiger partial charge < -0.3 is 10.1 Å². The van der Waals surface area contributed by atoms with Crippen LogP contribution in [-0.4, -0.2) is 59.9 Å². The van der Waals surface area contributed by atoms with E-state index < -0.39 is 30.3 Å². The Morgan fingerprint density at radius 3 is 2.54 bits per heavy atom. The van der Waals surface area contributed by atoms with Crippen molar-refractivity contribution in [3.63, 3.8) is 0 Å². The van der Waals surface area contributed by atoms with Gasteiger partial charge in [0.2, 0.25) is 5.91 Å². The average molecular weight is 426 g/mol. The van der Waals surface area contributed by atoms with Crippen molar-refractivity contribution in [3.05, 3.63) is 28.2 Å². The first-order valence-corrected chi connectivity index (χ1v) is 8.95. The number of aryl methyl sites for hydroxylation is 1. The highest BCUT2D eigenvalue weighted by molar-refractivity contribution is 9.10. The summed E-state index contributed by atoms with van der Waals surface area (Å²) in [5.74, 6) is -2.49. The van der Waals surface area contributed by atoms with Crippen molar-refractivity contribution in [2.24, 2.45) is 0 Å². The average Bonchev–Trinajstić information content (AvgIpc) is 2.78. The molecule has 8 nitrogen and oxygen atoms in total. The van der Waals surface area contributed by atoms with Crippen LogP contribution in [0.15, 0.2) is 22.7 Å². The number of nitrogens with one attached hydrogen (secondary N) is 1. The second-order valence-electron chi connectivity index (χ2n) is 5.71. The number of rotatable bonds is 8. The molecule has 0 spiro atoms. The van der Waals surface area contributed by atoms with Crippen LogP contribution in [0.4, 0.5) is 10.5 Å². The van der Waals surface area contributed by atoms with Crippen molar-refractivity contribution in [3.8, 4) is 0 Å². The van der Waals surface area contributed by atoms with Crippen LogP contribution >= 0.6 is 15.9 Å². The van der Waals surface area contributed by atoms with E-state index in [0.717, 1.165) is 10.5 Å². The fourth-order valence-electron chi connectivity index (χ4n) is 2.41. The van der Waals surface area contributed by atoms with Crippen molar-refractivity contribution < 1.29 is 23.9 Å². The zero-order valence-electron chi connectivity index (χ0n) is 14.6. The fourth-order valence-corrected chi connectivity index (χ4v) is 3.00. The highest BCUT2D eigenvalue weighted by atomic mass is 79.9. The van der Waals surface area contributed by atoms with Crippen LogP contribution < -0.4 is 5.32 Å². The zero-order chi connectivity index (χ0) is 19.3. The number of benzene rings is 1. The van der Waals surface area contributed by atoms with Gasteiger partial charge in [0.25, 0.3) is 0 Å². The summed E-state index contributed by atoms with van der Waals surface area (Å²) in [6.07, 6.45) is 0.426. The molecule has 1 N–H and O–H groups in total. The highest BCUT2D eigenvalue weighted by Crippen LogP contribution is 2.23. The van der Waals surface area contributed by atoms with Gasteiger partial charge in [-0.05, 0) is 53.9 Å². The van der Waals surface area contributed by atoms with Crippen molar-refractivity contribution in [1.82, 2.24) is 9.80 Å². The minimum atomic E-state index is -0.996. The third-order valence-electron chi connectivity index (χ3n) is 3.71. The van der Waals surface area contributed by atoms with E-state index in [-0.39, 0.29) is 6.54 Å². The van der Waals surface area contributed by atoms with E-state index in [1.807, 2.05) is 26.0 Å². The van der Waals surface area contributed by atoms with E-state index in [0.29, 0.717) is 34.7 Å². The molecule has 0 saturated carbocycles. The molecule has 1 saturated heterocycles. The molecule has 2 rings (SSSR count). The number of carbonyl (C=O) groups excluding carboxylic acids is 4. The van der Waals surface area contributed by atoms with Gasteiger partial charge in [-0.2, -0.15) is 0 Å². The fraction of sp³-hybridized carbons (Fsp3) is 0.412. The van der Waals surface area contributed by atoms with Gasteiger partial charge in [0.15, 0.2) is 0 Å². The van der Waals surface area contributed by atoms with Gasteiger partial charge in [-0.1, -0.05) is 6.07 Å². The topological polar surface area (TPSA) is 96.0 Å². The zero-order valence-corrected chi connectivity index (χ0v) is 16.2. The molecule has 0 aromatic heterocycles. The number of halogens is 1. The van der Waals surface area contributed by atoms with Crippen molar-refractivity contribution in [1.29, 1.82) is 0 Å². The smallest absolute Gasteiger partial charge is 0.334 e. The molecular formula is C17H20BrN3O5. The SMILES string of the molecule is CCOCCCN1C(=O)C(=O)N(CC(=O)Nc2ccc(C)cc2Br)C1=O. The van der Waals surface area contributed by atoms with Gasteiger partial charge >= 0.3 is 17.8 Å². The van der Waals surface area contributed by atoms with E-state index in [9.17, 15) is 19.2 Å². The Labute approximate surface area is 159 Å². The monoisotopic (exact) mass is 425 g/mol. The van der Waals surface area contributed by atoms with E-state index in [1.54, 1.807) is 6.07 Å². The first-order valence-electron chi connectivity index (χ1n) is 8.16. The minimum Gasteiger partial charge on any atom is -0.382 e. The molecule has 0 aliphatic carbocycles. The van der Waals surface area contributed by atoms with Crippen LogP contribution in [0.25, 0.3) is 0 Å². The Morgan fingerprint density at radius 2 is 1.88 bits per heavy atom. The Morgan fingerprint density at radius 1 is 1.19 bits per heavy atom. The first-order chi connectivity index (χ1) is 12.3. The molecule has 0 unspecified atom stereocenters. The normalized spacial score (nSPS) is 14.3. The lowest BCUT2D eigenvalue weighted by Crippen LogP contribution is -2.39. The number of hydrogen-bond donors (Lipinski definition) is 1. The molecule has 0 atom stereocenters. The summed E-state index contributed by atoms with van der Waals surface area (Å²) in [5, 5.41) is 2.61. The minimum absolute atomic E-state index is 0.0744. The molecule has 140 valence electrons. The quantitative estimate of drug-likeness (QED) is 0.389. The van der Waals surface area contributed by atoms with Crippen LogP contribution in [0.1, 0.15) is 18.9 Å². The molecule has 26 heavy (non-hydrogen) atoms. The molecule has 1 heterocycles. The molecular weight excluding hydrogens is 406 g/mol. The maximum Gasteiger partial charge on any atom is 0.334 e. The molecule has 5 amide bonds. The number of urea groups is 1. The van der Waals surface area contributed by atoms with E-state index in [1.165, 1.54) is 0 Å². The Kier molecular flexibility index (Phi) is 6.87. The highest BCUT2D eigenvalue weighted by Gasteiger charge is 2.44. The number of carbonyl (C=O) groups is 4. The standard InChI is InChI=1S/C17H20BrN3O5/c1-3-26-8-4-7-20-15(23)16(24)21(17(20)25)10-14(22)19-13-6-5-11(2)9-12(13)18/h5-6,9H,3-4,7-8,10H2,1-2H3,(H,19,22). The maximum absolute atomic E-state index is 12.3. The largest absolute Gasteiger partial charge is 0.382 e. The number of nitrogens with zero attached hydrogens (tertiary/aromatic N) is 2. The molecule has 9 heteroatoms. The van der Waals surface area contributed by atoms with Crippen LogP contribution in [-0.2, 0) is 19.1 Å². The van der Waals surface area contributed by atoms with Gasteiger partial charge in [-0.3, -0.25) is 19.3 Å². The van der Waals surface area contributed by atoms with Crippen LogP contribution in [0.2, 0.25) is 0 Å². The summed E-state index contributed by atoms with van der Waals surface area (Å²) in [6.45, 7) is 4.20. The van der Waals surface area contributed by atoms with Crippen molar-refractivity contribution >= 4 is 45.4 Å². The van der Waals surface area contributed by atoms with Crippen molar-refractivity contribution in [2.45, 2.75) is 20.3 Å². The second-order valence-corrected chi connectivity index (χ2v) is 6.57. The number of ether oxygens (including phenoxy) is 1. The van der Waals surface area contributed by atoms with Crippen molar-refractivity contribution in [2.75, 3.05) is 31.6 Å². The number of amides is 5. The number of anilines is 1. The van der Waals surface area contributed by atoms with E-state index in [2.05, 4.69) is 21.2 Å². The van der Waals surface area contributed by atoms with Gasteiger partial charge in [-0.25, -0.2) is 9.69 Å². The maximum atomic E-state index is 12.3. The Hall–Kier alpha value is -2.26. The Balaban J connectivity index is 1.97. The predicted molar refractivity (Wildman–Crippen MR) is 97.4 cm³/mol. The number of imide groups is 2. The van der Waals surface area contributed by atoms with E-state index >= 15 is 0 Å². The summed E-state index contributed by atoms with van der Waals surface area (Å²) < 4.78 is 5.83. The predicted octanol–water partition coefficient (Wildman–Crippen LogP) is 1.91. The molecule has 1 aliphatic rings. The molecule has 1 fully saturated rings. The summed E-state index contributed by atoms with van der Waals surface area (Å²) in [7, 11) is 0. The molecule has 0 radical (unpaired) electrons. The van der Waals surface area contributed by atoms with Gasteiger partial charge in [0.05, 0.1) is 5.69 Å². The summed E-state index contributed by atoms with van der Waals surface area (Å²) in [4.78, 5) is 49.9. The van der Waals surface area contributed by atoms with Gasteiger partial charge in [-0.15, -0.1) is 0 Å². The lowest BCUT2D eigenvalue weighted by molar-refractivity contribution is -0.143. The third-order valence-corrected chi connectivity index (χ3v) is 4.37. The molecule has 0 bridgehead atoms. The van der Waals surface area contributed by atoms with Gasteiger partial charge in [0, 0.05) is 24.2 Å². The van der Waals surface area contributed by atoms with Gasteiger partial charge in [0.1, 0.15) is 6.54 Å². The molecule has 1 aromatic rings. The molecule has 1 aliphatic heterocycles.